The highest BCUT2D eigenvalue weighted by atomic mass is 32.1. The van der Waals surface area contributed by atoms with Crippen molar-refractivity contribution in [1.29, 1.82) is 0 Å². The fourth-order valence-electron chi connectivity index (χ4n) is 3.02. The quantitative estimate of drug-likeness (QED) is 0.788. The number of nitrogens with zero attached hydrogens (tertiary/aromatic N) is 3. The van der Waals surface area contributed by atoms with Gasteiger partial charge in [-0.2, -0.15) is 0 Å². The molecule has 0 atom stereocenters. The summed E-state index contributed by atoms with van der Waals surface area (Å²) in [6.45, 7) is 2.93. The molecule has 0 saturated carbocycles. The summed E-state index contributed by atoms with van der Waals surface area (Å²) in [5, 5.41) is 13.5. The molecule has 122 valence electrons. The Kier molecular flexibility index (Phi) is 3.90. The number of aryl methyl sites for hydroxylation is 2. The maximum atomic E-state index is 12.3. The molecule has 0 radical (unpaired) electrons. The van der Waals surface area contributed by atoms with Gasteiger partial charge in [0.15, 0.2) is 5.82 Å². The van der Waals surface area contributed by atoms with Crippen molar-refractivity contribution >= 4 is 22.9 Å². The van der Waals surface area contributed by atoms with Gasteiger partial charge in [0.25, 0.3) is 5.91 Å². The summed E-state index contributed by atoms with van der Waals surface area (Å²) >= 11 is 1.46. The summed E-state index contributed by atoms with van der Waals surface area (Å²) in [4.78, 5) is 13.0. The van der Waals surface area contributed by atoms with Crippen LogP contribution in [0.25, 0.3) is 11.4 Å². The van der Waals surface area contributed by atoms with E-state index >= 15 is 0 Å². The average molecular weight is 338 g/mol. The lowest BCUT2D eigenvalue weighted by molar-refractivity contribution is 0.103. The predicted molar refractivity (Wildman–Crippen MR) is 95.4 cm³/mol. The Bertz CT molecular complexity index is 879. The zero-order valence-electron chi connectivity index (χ0n) is 13.5. The first-order valence-electron chi connectivity index (χ1n) is 8.10. The van der Waals surface area contributed by atoms with E-state index in [0.29, 0.717) is 0 Å². The van der Waals surface area contributed by atoms with Crippen molar-refractivity contribution in [2.24, 2.45) is 0 Å². The lowest BCUT2D eigenvalue weighted by atomic mass is 10.1. The minimum atomic E-state index is -0.0601. The summed E-state index contributed by atoms with van der Waals surface area (Å²) in [6, 6.07) is 9.77. The number of benzene rings is 1. The average Bonchev–Trinajstić information content (AvgIpc) is 3.22. The van der Waals surface area contributed by atoms with Crippen LogP contribution in [0.5, 0.6) is 0 Å². The third kappa shape index (κ3) is 2.73. The molecule has 1 aliphatic rings. The fraction of sp³-hybridized carbons (Fsp3) is 0.278. The Balaban J connectivity index is 1.54. The molecule has 1 aliphatic heterocycles. The minimum Gasteiger partial charge on any atom is -0.321 e. The molecule has 24 heavy (non-hydrogen) atoms. The number of aromatic nitrogens is 3. The largest absolute Gasteiger partial charge is 0.321 e. The molecule has 0 saturated heterocycles. The molecule has 2 aromatic heterocycles. The molecular formula is C18H18N4OS. The smallest absolute Gasteiger partial charge is 0.265 e. The van der Waals surface area contributed by atoms with Gasteiger partial charge < -0.3 is 9.88 Å². The molecule has 1 aromatic carbocycles. The van der Waals surface area contributed by atoms with Crippen molar-refractivity contribution in [2.75, 3.05) is 5.32 Å². The van der Waals surface area contributed by atoms with Crippen molar-refractivity contribution in [3.05, 3.63) is 52.0 Å². The molecule has 0 bridgehead atoms. The van der Waals surface area contributed by atoms with Crippen LogP contribution in [0.2, 0.25) is 0 Å². The molecule has 5 nitrogen and oxygen atoms in total. The summed E-state index contributed by atoms with van der Waals surface area (Å²) in [5.74, 6) is 1.92. The lowest BCUT2D eigenvalue weighted by Crippen LogP contribution is -2.12. The highest BCUT2D eigenvalue weighted by molar-refractivity contribution is 7.12. The third-order valence-corrected chi connectivity index (χ3v) is 5.34. The highest BCUT2D eigenvalue weighted by Gasteiger charge is 2.17. The van der Waals surface area contributed by atoms with Crippen LogP contribution >= 0.6 is 11.3 Å². The van der Waals surface area contributed by atoms with Gasteiger partial charge in [-0.1, -0.05) is 0 Å². The minimum absolute atomic E-state index is 0.0601. The fourth-order valence-corrected chi connectivity index (χ4v) is 3.84. The van der Waals surface area contributed by atoms with Crippen molar-refractivity contribution in [1.82, 2.24) is 14.8 Å². The number of carbonyl (C=O) groups excluding carboxylic acids is 1. The zero-order chi connectivity index (χ0) is 16.5. The summed E-state index contributed by atoms with van der Waals surface area (Å²) in [6.07, 6.45) is 3.36. The van der Waals surface area contributed by atoms with Gasteiger partial charge in [-0.15, -0.1) is 21.5 Å². The molecule has 0 spiro atoms. The van der Waals surface area contributed by atoms with Crippen molar-refractivity contribution < 1.29 is 4.79 Å². The first kappa shape index (κ1) is 15.1. The van der Waals surface area contributed by atoms with Crippen LogP contribution in [0.1, 0.15) is 33.9 Å². The Morgan fingerprint density at radius 2 is 2.00 bits per heavy atom. The number of hydrogen-bond donors (Lipinski definition) is 1. The highest BCUT2D eigenvalue weighted by Crippen LogP contribution is 2.25. The standard InChI is InChI=1S/C18H18N4OS/c1-12-9-11-24-16(12)18(23)19-14-7-5-13(6-8-14)17-21-20-15-4-2-3-10-22(15)17/h5-9,11H,2-4,10H2,1H3,(H,19,23). The number of anilines is 1. The van der Waals surface area contributed by atoms with E-state index in [-0.39, 0.29) is 5.91 Å². The van der Waals surface area contributed by atoms with Gasteiger partial charge in [-0.25, -0.2) is 0 Å². The van der Waals surface area contributed by atoms with Crippen LogP contribution in [0.4, 0.5) is 5.69 Å². The maximum Gasteiger partial charge on any atom is 0.265 e. The maximum absolute atomic E-state index is 12.3. The van der Waals surface area contributed by atoms with Gasteiger partial charge in [-0.3, -0.25) is 4.79 Å². The number of amides is 1. The predicted octanol–water partition coefficient (Wildman–Crippen LogP) is 3.90. The normalized spacial score (nSPS) is 13.5. The van der Waals surface area contributed by atoms with Gasteiger partial charge in [0, 0.05) is 24.2 Å². The van der Waals surface area contributed by atoms with E-state index in [0.717, 1.165) is 46.3 Å². The first-order chi connectivity index (χ1) is 11.7. The molecule has 0 unspecified atom stereocenters. The lowest BCUT2D eigenvalue weighted by Gasteiger charge is -2.14. The van der Waals surface area contributed by atoms with E-state index in [4.69, 9.17) is 0 Å². The number of hydrogen-bond acceptors (Lipinski definition) is 4. The molecule has 0 fully saturated rings. The van der Waals surface area contributed by atoms with Crippen molar-refractivity contribution in [3.8, 4) is 11.4 Å². The molecule has 3 heterocycles. The molecule has 4 rings (SSSR count). The second-order valence-corrected chi connectivity index (χ2v) is 6.93. The first-order valence-corrected chi connectivity index (χ1v) is 8.98. The van der Waals surface area contributed by atoms with Gasteiger partial charge in [0.05, 0.1) is 4.88 Å². The van der Waals surface area contributed by atoms with Gasteiger partial charge in [-0.05, 0) is 61.0 Å². The van der Waals surface area contributed by atoms with E-state index in [9.17, 15) is 4.79 Å². The van der Waals surface area contributed by atoms with Gasteiger partial charge >= 0.3 is 0 Å². The van der Waals surface area contributed by atoms with Crippen LogP contribution in [0.3, 0.4) is 0 Å². The molecular weight excluding hydrogens is 320 g/mol. The van der Waals surface area contributed by atoms with Crippen molar-refractivity contribution in [2.45, 2.75) is 32.7 Å². The van der Waals surface area contributed by atoms with E-state index in [1.54, 1.807) is 0 Å². The topological polar surface area (TPSA) is 59.8 Å². The Labute approximate surface area is 144 Å². The monoisotopic (exact) mass is 338 g/mol. The van der Waals surface area contributed by atoms with Crippen LogP contribution in [0.15, 0.2) is 35.7 Å². The number of nitrogens with one attached hydrogen (secondary N) is 1. The summed E-state index contributed by atoms with van der Waals surface area (Å²) < 4.78 is 2.20. The van der Waals surface area contributed by atoms with E-state index < -0.39 is 0 Å². The van der Waals surface area contributed by atoms with Gasteiger partial charge in [0.2, 0.25) is 0 Å². The molecule has 6 heteroatoms. The summed E-state index contributed by atoms with van der Waals surface area (Å²) in [5.41, 5.74) is 2.82. The second kappa shape index (κ2) is 6.20. The molecule has 3 aromatic rings. The summed E-state index contributed by atoms with van der Waals surface area (Å²) in [7, 11) is 0. The number of carbonyl (C=O) groups is 1. The van der Waals surface area contributed by atoms with E-state index in [1.807, 2.05) is 42.6 Å². The number of fused-ring (bicyclic) bond motifs is 1. The van der Waals surface area contributed by atoms with Gasteiger partial charge in [0.1, 0.15) is 5.82 Å². The molecule has 0 aliphatic carbocycles. The molecule has 1 N–H and O–H groups in total. The Morgan fingerprint density at radius 3 is 2.75 bits per heavy atom. The van der Waals surface area contributed by atoms with Crippen LogP contribution in [-0.2, 0) is 13.0 Å². The van der Waals surface area contributed by atoms with Crippen LogP contribution in [-0.4, -0.2) is 20.7 Å². The zero-order valence-corrected chi connectivity index (χ0v) is 14.3. The van der Waals surface area contributed by atoms with E-state index in [1.165, 1.54) is 24.2 Å². The van der Waals surface area contributed by atoms with E-state index in [2.05, 4.69) is 20.1 Å². The second-order valence-electron chi connectivity index (χ2n) is 6.01. The number of thiophene rings is 1. The van der Waals surface area contributed by atoms with Crippen LogP contribution in [0, 0.1) is 6.92 Å². The van der Waals surface area contributed by atoms with Crippen molar-refractivity contribution in [3.63, 3.8) is 0 Å². The number of rotatable bonds is 3. The van der Waals surface area contributed by atoms with Crippen LogP contribution < -0.4 is 5.32 Å². The molecule has 1 amide bonds. The SMILES string of the molecule is Cc1ccsc1C(=O)Nc1ccc(-c2nnc3n2CCCC3)cc1. The third-order valence-electron chi connectivity index (χ3n) is 4.33. The Morgan fingerprint density at radius 1 is 1.17 bits per heavy atom. The Hall–Kier alpha value is -2.47.